The van der Waals surface area contributed by atoms with Crippen LogP contribution in [-0.4, -0.2) is 39.3 Å². The van der Waals surface area contributed by atoms with E-state index < -0.39 is 0 Å². The van der Waals surface area contributed by atoms with Crippen molar-refractivity contribution >= 4 is 28.5 Å². The molecule has 1 aliphatic carbocycles. The van der Waals surface area contributed by atoms with Gasteiger partial charge in [0.25, 0.3) is 0 Å². The highest BCUT2D eigenvalue weighted by molar-refractivity contribution is 6.02. The molecule has 1 unspecified atom stereocenters. The van der Waals surface area contributed by atoms with E-state index in [0.29, 0.717) is 42.1 Å². The minimum Gasteiger partial charge on any atom is -0.339 e. The summed E-state index contributed by atoms with van der Waals surface area (Å²) in [5.41, 5.74) is 3.60. The molecule has 1 aromatic heterocycles. The smallest absolute Gasteiger partial charge is 0.323 e. The van der Waals surface area contributed by atoms with Crippen molar-refractivity contribution in [2.24, 2.45) is 5.92 Å². The van der Waals surface area contributed by atoms with Crippen LogP contribution in [0.1, 0.15) is 49.7 Å². The molecule has 0 spiro atoms. The molecular formula is C20H26N4O3. The summed E-state index contributed by atoms with van der Waals surface area (Å²) < 4.78 is 0. The molecule has 4 rings (SSSR count). The van der Waals surface area contributed by atoms with Gasteiger partial charge in [-0.3, -0.25) is 9.59 Å². The van der Waals surface area contributed by atoms with Crippen molar-refractivity contribution in [3.8, 4) is 0 Å². The summed E-state index contributed by atoms with van der Waals surface area (Å²) in [6.07, 6.45) is 5.41. The molecule has 144 valence electrons. The number of likely N-dealkylation sites (tertiary alicyclic amines) is 1. The van der Waals surface area contributed by atoms with Crippen molar-refractivity contribution in [3.05, 3.63) is 27.7 Å². The third kappa shape index (κ3) is 3.26. The monoisotopic (exact) mass is 370 g/mol. The van der Waals surface area contributed by atoms with Crippen LogP contribution in [0.15, 0.2) is 10.9 Å². The Labute approximate surface area is 157 Å². The van der Waals surface area contributed by atoms with Gasteiger partial charge >= 0.3 is 5.69 Å². The summed E-state index contributed by atoms with van der Waals surface area (Å²) in [7, 11) is 0. The van der Waals surface area contributed by atoms with Crippen LogP contribution in [0.4, 0.5) is 5.69 Å². The molecule has 3 N–H and O–H groups in total. The Balaban J connectivity index is 1.57. The first-order valence-corrected chi connectivity index (χ1v) is 9.76. The molecule has 7 nitrogen and oxygen atoms in total. The predicted molar refractivity (Wildman–Crippen MR) is 104 cm³/mol. The highest BCUT2D eigenvalue weighted by Crippen LogP contribution is 2.31. The Kier molecular flexibility index (Phi) is 4.53. The number of carbonyl (C=O) groups is 2. The summed E-state index contributed by atoms with van der Waals surface area (Å²) in [6, 6.07) is 2.20. The van der Waals surface area contributed by atoms with E-state index in [-0.39, 0.29) is 23.4 Å². The first-order chi connectivity index (χ1) is 12.9. The second-order valence-corrected chi connectivity index (χ2v) is 7.90. The first kappa shape index (κ1) is 17.8. The Hall–Kier alpha value is -2.57. The van der Waals surface area contributed by atoms with Crippen LogP contribution in [0, 0.1) is 19.8 Å². The maximum atomic E-state index is 13.0. The maximum Gasteiger partial charge on any atom is 0.323 e. The molecule has 1 saturated heterocycles. The largest absolute Gasteiger partial charge is 0.339 e. The van der Waals surface area contributed by atoms with Gasteiger partial charge in [0, 0.05) is 19.0 Å². The van der Waals surface area contributed by atoms with Crippen molar-refractivity contribution in [3.63, 3.8) is 0 Å². The van der Waals surface area contributed by atoms with Crippen molar-refractivity contribution in [1.29, 1.82) is 0 Å². The van der Waals surface area contributed by atoms with Crippen LogP contribution >= 0.6 is 0 Å². The van der Waals surface area contributed by atoms with Gasteiger partial charge in [0.2, 0.25) is 11.8 Å². The molecule has 7 heteroatoms. The topological polar surface area (TPSA) is 98.1 Å². The molecule has 1 atom stereocenters. The zero-order valence-electron chi connectivity index (χ0n) is 15.9. The van der Waals surface area contributed by atoms with Crippen LogP contribution in [0.25, 0.3) is 11.0 Å². The Morgan fingerprint density at radius 3 is 2.63 bits per heavy atom. The van der Waals surface area contributed by atoms with Gasteiger partial charge in [-0.25, -0.2) is 4.79 Å². The number of benzene rings is 1. The van der Waals surface area contributed by atoms with Crippen molar-refractivity contribution in [2.45, 2.75) is 58.4 Å². The van der Waals surface area contributed by atoms with Gasteiger partial charge in [-0.1, -0.05) is 12.8 Å². The molecule has 0 radical (unpaired) electrons. The van der Waals surface area contributed by atoms with Crippen molar-refractivity contribution in [1.82, 2.24) is 14.9 Å². The predicted octanol–water partition coefficient (Wildman–Crippen LogP) is 2.59. The molecule has 1 aromatic carbocycles. The van der Waals surface area contributed by atoms with Crippen LogP contribution in [0.3, 0.4) is 0 Å². The fourth-order valence-corrected chi connectivity index (χ4v) is 4.45. The van der Waals surface area contributed by atoms with Crippen LogP contribution in [0.5, 0.6) is 0 Å². The summed E-state index contributed by atoms with van der Waals surface area (Å²) in [5.74, 6) is -0.124. The number of nitrogens with zero attached hydrogens (tertiary/aromatic N) is 1. The second-order valence-electron chi connectivity index (χ2n) is 7.90. The minimum absolute atomic E-state index is 0.0810. The number of rotatable bonds is 3. The lowest BCUT2D eigenvalue weighted by molar-refractivity contribution is -0.139. The summed E-state index contributed by atoms with van der Waals surface area (Å²) in [6.45, 7) is 4.38. The van der Waals surface area contributed by atoms with Crippen LogP contribution in [-0.2, 0) is 9.59 Å². The van der Waals surface area contributed by atoms with Gasteiger partial charge < -0.3 is 20.2 Å². The molecular weight excluding hydrogens is 344 g/mol. The zero-order valence-corrected chi connectivity index (χ0v) is 15.9. The molecule has 1 aliphatic heterocycles. The third-order valence-corrected chi connectivity index (χ3v) is 6.16. The molecule has 1 saturated carbocycles. The summed E-state index contributed by atoms with van der Waals surface area (Å²) >= 11 is 0. The number of piperidine rings is 1. The average molecular weight is 370 g/mol. The van der Waals surface area contributed by atoms with Gasteiger partial charge in [-0.2, -0.15) is 0 Å². The van der Waals surface area contributed by atoms with E-state index >= 15 is 0 Å². The maximum absolute atomic E-state index is 13.0. The van der Waals surface area contributed by atoms with E-state index in [2.05, 4.69) is 15.3 Å². The van der Waals surface area contributed by atoms with Gasteiger partial charge in [-0.15, -0.1) is 0 Å². The number of carbonyl (C=O) groups excluding carboxylic acids is 2. The number of aromatic nitrogens is 2. The van der Waals surface area contributed by atoms with E-state index in [9.17, 15) is 14.4 Å². The fourth-order valence-electron chi connectivity index (χ4n) is 4.45. The Morgan fingerprint density at radius 1 is 1.15 bits per heavy atom. The number of fused-ring (bicyclic) bond motifs is 1. The standard InChI is InChI=1S/C20H26N4O3/c1-11-9-15-18(23-20(27)21-15)17(12(11)2)22-19(26)13-7-8-16(25)24(10-13)14-5-3-4-6-14/h9,13-14H,3-8,10H2,1-2H3,(H,22,26)(H2,21,23,27). The average Bonchev–Trinajstić information content (AvgIpc) is 3.28. The van der Waals surface area contributed by atoms with Gasteiger partial charge in [0.05, 0.1) is 22.6 Å². The lowest BCUT2D eigenvalue weighted by Gasteiger charge is -2.36. The molecule has 2 aliphatic rings. The molecule has 27 heavy (non-hydrogen) atoms. The highest BCUT2D eigenvalue weighted by atomic mass is 16.2. The number of hydrogen-bond donors (Lipinski definition) is 3. The molecule has 0 bridgehead atoms. The first-order valence-electron chi connectivity index (χ1n) is 9.76. The highest BCUT2D eigenvalue weighted by Gasteiger charge is 2.35. The number of aromatic amines is 2. The third-order valence-electron chi connectivity index (χ3n) is 6.16. The van der Waals surface area contributed by atoms with E-state index in [4.69, 9.17) is 0 Å². The SMILES string of the molecule is Cc1cc2[nH]c(=O)[nH]c2c(NC(=O)C2CCC(=O)N(C3CCCC3)C2)c1C. The lowest BCUT2D eigenvalue weighted by atomic mass is 9.94. The molecule has 2 aromatic rings. The van der Waals surface area contributed by atoms with Gasteiger partial charge in [0.15, 0.2) is 0 Å². The number of nitrogens with one attached hydrogen (secondary N) is 3. The minimum atomic E-state index is -0.291. The Bertz CT molecular complexity index is 952. The number of anilines is 1. The van der Waals surface area contributed by atoms with E-state index in [0.717, 1.165) is 36.8 Å². The number of aryl methyl sites for hydroxylation is 1. The molecule has 2 amide bonds. The van der Waals surface area contributed by atoms with Gasteiger partial charge in [-0.05, 0) is 50.3 Å². The van der Waals surface area contributed by atoms with Crippen LogP contribution in [0.2, 0.25) is 0 Å². The molecule has 2 heterocycles. The number of hydrogen-bond acceptors (Lipinski definition) is 3. The van der Waals surface area contributed by atoms with Gasteiger partial charge in [0.1, 0.15) is 0 Å². The van der Waals surface area contributed by atoms with E-state index in [1.54, 1.807) is 0 Å². The normalized spacial score (nSPS) is 21.2. The second kappa shape index (κ2) is 6.87. The summed E-state index contributed by atoms with van der Waals surface area (Å²) in [5, 5.41) is 3.04. The zero-order chi connectivity index (χ0) is 19.1. The van der Waals surface area contributed by atoms with E-state index in [1.807, 2.05) is 24.8 Å². The van der Waals surface area contributed by atoms with E-state index in [1.165, 1.54) is 0 Å². The van der Waals surface area contributed by atoms with Crippen LogP contribution < -0.4 is 11.0 Å². The lowest BCUT2D eigenvalue weighted by Crippen LogP contribution is -2.48. The number of H-pyrrole nitrogens is 2. The van der Waals surface area contributed by atoms with Crippen molar-refractivity contribution < 1.29 is 9.59 Å². The van der Waals surface area contributed by atoms with Crippen molar-refractivity contribution in [2.75, 3.05) is 11.9 Å². The number of imidazole rings is 1. The molecule has 2 fully saturated rings. The Morgan fingerprint density at radius 2 is 1.89 bits per heavy atom. The fraction of sp³-hybridized carbons (Fsp3) is 0.550. The quantitative estimate of drug-likeness (QED) is 0.774. The summed E-state index contributed by atoms with van der Waals surface area (Å²) in [4.78, 5) is 44.5. The number of amides is 2.